The fraction of sp³-hybridized carbons (Fsp3) is 0.773. The number of carbonyl (C=O) groups is 1. The van der Waals surface area contributed by atoms with Crippen molar-refractivity contribution in [3.05, 3.63) is 18.7 Å². The number of rotatable bonds is 7. The Kier molecular flexibility index (Phi) is 8.13. The van der Waals surface area contributed by atoms with Gasteiger partial charge in [0.25, 0.3) is 0 Å². The van der Waals surface area contributed by atoms with Crippen LogP contribution in [-0.2, 0) is 4.79 Å². The number of aromatic nitrogens is 2. The van der Waals surface area contributed by atoms with Crippen molar-refractivity contribution in [2.45, 2.75) is 51.6 Å². The lowest BCUT2D eigenvalue weighted by Gasteiger charge is -2.39. The van der Waals surface area contributed by atoms with Crippen LogP contribution in [-0.4, -0.2) is 95.5 Å². The number of likely N-dealkylation sites (tertiary alicyclic amines) is 2. The monoisotopic (exact) mass is 417 g/mol. The second-order valence-corrected chi connectivity index (χ2v) is 8.81. The van der Waals surface area contributed by atoms with Gasteiger partial charge in [-0.25, -0.2) is 4.98 Å². The topological polar surface area (TPSA) is 69.0 Å². The van der Waals surface area contributed by atoms with Crippen LogP contribution in [0.25, 0.3) is 0 Å². The first-order valence-corrected chi connectivity index (χ1v) is 11.5. The number of piperidine rings is 1. The molecule has 8 nitrogen and oxygen atoms in total. The lowest BCUT2D eigenvalue weighted by molar-refractivity contribution is -0.133. The van der Waals surface area contributed by atoms with Crippen LogP contribution in [0.3, 0.4) is 0 Å². The molecule has 2 fully saturated rings. The van der Waals surface area contributed by atoms with Gasteiger partial charge in [-0.05, 0) is 45.1 Å². The maximum absolute atomic E-state index is 12.4. The summed E-state index contributed by atoms with van der Waals surface area (Å²) in [7, 11) is 3.70. The van der Waals surface area contributed by atoms with E-state index >= 15 is 0 Å². The number of nitrogens with zero attached hydrogens (tertiary/aromatic N) is 6. The van der Waals surface area contributed by atoms with Crippen molar-refractivity contribution >= 4 is 11.9 Å². The molecular weight excluding hydrogens is 378 g/mol. The molecule has 2 saturated heterocycles. The summed E-state index contributed by atoms with van der Waals surface area (Å²) < 4.78 is 2.23. The highest BCUT2D eigenvalue weighted by Crippen LogP contribution is 2.27. The second kappa shape index (κ2) is 10.8. The number of nitrogens with one attached hydrogen (secondary N) is 1. The van der Waals surface area contributed by atoms with Crippen LogP contribution in [0.15, 0.2) is 23.7 Å². The van der Waals surface area contributed by atoms with E-state index in [1.165, 1.54) is 0 Å². The number of hydrogen-bond acceptors (Lipinski definition) is 4. The normalized spacial score (nSPS) is 25.5. The molecule has 1 N–H and O–H groups in total. The maximum atomic E-state index is 12.4. The van der Waals surface area contributed by atoms with E-state index in [0.29, 0.717) is 12.0 Å². The molecule has 3 atom stereocenters. The highest BCUT2D eigenvalue weighted by molar-refractivity contribution is 5.81. The van der Waals surface area contributed by atoms with Gasteiger partial charge < -0.3 is 19.7 Å². The van der Waals surface area contributed by atoms with E-state index in [4.69, 9.17) is 4.99 Å². The average Bonchev–Trinajstić information content (AvgIpc) is 3.42. The van der Waals surface area contributed by atoms with Crippen LogP contribution in [0.1, 0.15) is 45.6 Å². The van der Waals surface area contributed by atoms with E-state index in [1.807, 2.05) is 26.6 Å². The lowest BCUT2D eigenvalue weighted by Crippen LogP contribution is -2.49. The number of hydrogen-bond donors (Lipinski definition) is 1. The average molecular weight is 418 g/mol. The SMILES string of the molecule is CCNC(=NCCCN1CCCC1C(=O)N(C)C)N1CCC(C)C(n2ccnc2)C1. The van der Waals surface area contributed by atoms with Gasteiger partial charge in [0.2, 0.25) is 5.91 Å². The van der Waals surface area contributed by atoms with Crippen molar-refractivity contribution in [3.63, 3.8) is 0 Å². The molecule has 2 aliphatic heterocycles. The van der Waals surface area contributed by atoms with Gasteiger partial charge in [0, 0.05) is 59.2 Å². The Morgan fingerprint density at radius 3 is 2.83 bits per heavy atom. The first-order chi connectivity index (χ1) is 14.5. The molecule has 168 valence electrons. The molecule has 8 heteroatoms. The zero-order valence-corrected chi connectivity index (χ0v) is 19.1. The van der Waals surface area contributed by atoms with Crippen LogP contribution in [0, 0.1) is 5.92 Å². The smallest absolute Gasteiger partial charge is 0.239 e. The zero-order valence-electron chi connectivity index (χ0n) is 19.1. The summed E-state index contributed by atoms with van der Waals surface area (Å²) >= 11 is 0. The fourth-order valence-electron chi connectivity index (χ4n) is 4.65. The van der Waals surface area contributed by atoms with Gasteiger partial charge in [0.05, 0.1) is 18.4 Å². The minimum Gasteiger partial charge on any atom is -0.357 e. The minimum absolute atomic E-state index is 0.0525. The van der Waals surface area contributed by atoms with Crippen molar-refractivity contribution in [1.29, 1.82) is 0 Å². The Morgan fingerprint density at radius 2 is 2.13 bits per heavy atom. The molecule has 2 aliphatic rings. The van der Waals surface area contributed by atoms with Crippen molar-refractivity contribution in [3.8, 4) is 0 Å². The first kappa shape index (κ1) is 22.6. The number of aliphatic imine (C=N–C) groups is 1. The van der Waals surface area contributed by atoms with E-state index in [2.05, 4.69) is 44.7 Å². The van der Waals surface area contributed by atoms with Gasteiger partial charge in [0.15, 0.2) is 5.96 Å². The standard InChI is InChI=1S/C22H39N7O/c1-5-24-22(28-14-9-18(2)20(16-28)29-15-11-23-17-29)25-10-7-13-27-12-6-8-19(27)21(30)26(3)4/h11,15,17-20H,5-10,12-14,16H2,1-4H3,(H,24,25). The molecule has 3 heterocycles. The van der Waals surface area contributed by atoms with Gasteiger partial charge in [-0.1, -0.05) is 6.92 Å². The Bertz CT molecular complexity index is 688. The largest absolute Gasteiger partial charge is 0.357 e. The summed E-state index contributed by atoms with van der Waals surface area (Å²) in [6, 6.07) is 0.476. The Labute approximate surface area is 181 Å². The molecule has 1 amide bonds. The first-order valence-electron chi connectivity index (χ1n) is 11.5. The molecule has 0 aromatic carbocycles. The predicted octanol–water partition coefficient (Wildman–Crippen LogP) is 1.67. The van der Waals surface area contributed by atoms with Gasteiger partial charge in [-0.15, -0.1) is 0 Å². The fourth-order valence-corrected chi connectivity index (χ4v) is 4.65. The Hall–Kier alpha value is -2.09. The maximum Gasteiger partial charge on any atom is 0.239 e. The highest BCUT2D eigenvalue weighted by atomic mass is 16.2. The minimum atomic E-state index is 0.0525. The number of imidazole rings is 1. The van der Waals surface area contributed by atoms with Crippen molar-refractivity contribution < 1.29 is 4.79 Å². The van der Waals surface area contributed by atoms with Crippen LogP contribution in [0.2, 0.25) is 0 Å². The predicted molar refractivity (Wildman–Crippen MR) is 121 cm³/mol. The summed E-state index contributed by atoms with van der Waals surface area (Å²) in [5.74, 6) is 1.87. The van der Waals surface area contributed by atoms with Gasteiger partial charge in [-0.2, -0.15) is 0 Å². The molecule has 0 radical (unpaired) electrons. The number of carbonyl (C=O) groups excluding carboxylic acids is 1. The van der Waals surface area contributed by atoms with Crippen molar-refractivity contribution in [2.75, 3.05) is 53.4 Å². The third kappa shape index (κ3) is 5.53. The molecule has 0 bridgehead atoms. The third-order valence-electron chi connectivity index (χ3n) is 6.42. The zero-order chi connectivity index (χ0) is 21.5. The van der Waals surface area contributed by atoms with Crippen LogP contribution in [0.4, 0.5) is 0 Å². The Balaban J connectivity index is 1.55. The molecule has 0 saturated carbocycles. The third-order valence-corrected chi connectivity index (χ3v) is 6.42. The lowest BCUT2D eigenvalue weighted by atomic mass is 9.93. The van der Waals surface area contributed by atoms with Crippen molar-refractivity contribution in [1.82, 2.24) is 29.6 Å². The van der Waals surface area contributed by atoms with E-state index in [0.717, 1.165) is 70.9 Å². The van der Waals surface area contributed by atoms with E-state index in [9.17, 15) is 4.79 Å². The number of likely N-dealkylation sites (N-methyl/N-ethyl adjacent to an activating group) is 1. The molecule has 3 rings (SSSR count). The molecule has 3 unspecified atom stereocenters. The molecule has 1 aromatic heterocycles. The van der Waals surface area contributed by atoms with Gasteiger partial charge in [-0.3, -0.25) is 14.7 Å². The van der Waals surface area contributed by atoms with Crippen LogP contribution >= 0.6 is 0 Å². The van der Waals surface area contributed by atoms with E-state index < -0.39 is 0 Å². The van der Waals surface area contributed by atoms with E-state index in [1.54, 1.807) is 4.90 Å². The number of amides is 1. The number of guanidine groups is 1. The summed E-state index contributed by atoms with van der Waals surface area (Å²) in [4.78, 5) is 28.0. The second-order valence-electron chi connectivity index (χ2n) is 8.81. The van der Waals surface area contributed by atoms with Gasteiger partial charge >= 0.3 is 0 Å². The Morgan fingerprint density at radius 1 is 1.30 bits per heavy atom. The highest BCUT2D eigenvalue weighted by Gasteiger charge is 2.31. The summed E-state index contributed by atoms with van der Waals surface area (Å²) in [6.07, 6.45) is 10.1. The van der Waals surface area contributed by atoms with Gasteiger partial charge in [0.1, 0.15) is 0 Å². The molecule has 0 aliphatic carbocycles. The summed E-state index contributed by atoms with van der Waals surface area (Å²) in [6.45, 7) is 10.0. The summed E-state index contributed by atoms with van der Waals surface area (Å²) in [5.41, 5.74) is 0. The van der Waals surface area contributed by atoms with Crippen molar-refractivity contribution in [2.24, 2.45) is 10.9 Å². The van der Waals surface area contributed by atoms with Crippen LogP contribution in [0.5, 0.6) is 0 Å². The molecular formula is C22H39N7O. The van der Waals surface area contributed by atoms with E-state index in [-0.39, 0.29) is 11.9 Å². The quantitative estimate of drug-likeness (QED) is 0.415. The molecule has 1 aromatic rings. The van der Waals surface area contributed by atoms with Crippen LogP contribution < -0.4 is 5.32 Å². The molecule has 0 spiro atoms. The molecule has 30 heavy (non-hydrogen) atoms. The summed E-state index contributed by atoms with van der Waals surface area (Å²) in [5, 5.41) is 3.48.